The molecule has 0 aliphatic carbocycles. The maximum absolute atomic E-state index is 15.1. The molecule has 0 radical (unpaired) electrons. The fourth-order valence-electron chi connectivity index (χ4n) is 4.12. The second-order valence-corrected chi connectivity index (χ2v) is 10.1. The predicted molar refractivity (Wildman–Crippen MR) is 131 cm³/mol. The van der Waals surface area contributed by atoms with Crippen LogP contribution in [0.3, 0.4) is 0 Å². The summed E-state index contributed by atoms with van der Waals surface area (Å²) < 4.78 is 61.6. The number of terminal acetylenes is 1. The molecular weight excluding hydrogens is 496 g/mol. The Hall–Kier alpha value is -3.59. The van der Waals surface area contributed by atoms with Crippen molar-refractivity contribution in [2.24, 2.45) is 16.6 Å². The van der Waals surface area contributed by atoms with Crippen LogP contribution in [0.2, 0.25) is 0 Å². The highest BCUT2D eigenvalue weighted by atomic mass is 32.2. The number of ether oxygens (including phenoxy) is 1. The average molecular weight is 519 g/mol. The van der Waals surface area contributed by atoms with Crippen LogP contribution in [0, 0.1) is 29.9 Å². The molecule has 0 bridgehead atoms. The van der Waals surface area contributed by atoms with Gasteiger partial charge < -0.3 is 15.8 Å². The molecule has 3 heterocycles. The highest BCUT2D eigenvalue weighted by molar-refractivity contribution is 8.15. The van der Waals surface area contributed by atoms with Crippen molar-refractivity contribution in [1.29, 1.82) is 0 Å². The first-order valence-corrected chi connectivity index (χ1v) is 11.6. The van der Waals surface area contributed by atoms with E-state index in [0.29, 0.717) is 11.0 Å². The Morgan fingerprint density at radius 1 is 1.28 bits per heavy atom. The molecule has 0 unspecified atom stereocenters. The van der Waals surface area contributed by atoms with Crippen molar-refractivity contribution in [2.45, 2.75) is 37.5 Å². The molecule has 0 fully saturated rings. The second kappa shape index (κ2) is 9.46. The average Bonchev–Trinajstić information content (AvgIpc) is 2.83. The van der Waals surface area contributed by atoms with E-state index in [1.807, 2.05) is 0 Å². The number of halogens is 4. The van der Waals surface area contributed by atoms with E-state index in [9.17, 15) is 13.2 Å². The molecule has 0 spiro atoms. The first-order valence-electron chi connectivity index (χ1n) is 10.8. The van der Waals surface area contributed by atoms with Crippen LogP contribution in [-0.2, 0) is 5.54 Å². The maximum atomic E-state index is 15.1. The van der Waals surface area contributed by atoms with Crippen molar-refractivity contribution in [3.8, 4) is 18.2 Å². The van der Waals surface area contributed by atoms with Crippen molar-refractivity contribution in [3.05, 3.63) is 47.8 Å². The summed E-state index contributed by atoms with van der Waals surface area (Å²) >= 11 is 0.726. The summed E-state index contributed by atoms with van der Waals surface area (Å²) in [6.45, 7) is 4.34. The highest BCUT2D eigenvalue weighted by Crippen LogP contribution is 2.53. The van der Waals surface area contributed by atoms with Gasteiger partial charge >= 0.3 is 0 Å². The van der Waals surface area contributed by atoms with E-state index in [4.69, 9.17) is 16.9 Å². The number of rotatable bonds is 6. The van der Waals surface area contributed by atoms with Crippen LogP contribution in [0.5, 0.6) is 5.88 Å². The lowest BCUT2D eigenvalue weighted by Crippen LogP contribution is -2.52. The molecule has 12 heteroatoms. The lowest BCUT2D eigenvalue weighted by molar-refractivity contribution is 0.0571. The molecule has 0 saturated heterocycles. The number of hydrogen-bond donors (Lipinski definition) is 2. The number of hydrogen-bond acceptors (Lipinski definition) is 8. The van der Waals surface area contributed by atoms with Crippen LogP contribution in [0.15, 0.2) is 35.6 Å². The van der Waals surface area contributed by atoms with Crippen molar-refractivity contribution in [2.75, 3.05) is 11.9 Å². The molecule has 2 aromatic heterocycles. The molecule has 3 N–H and O–H groups in total. The van der Waals surface area contributed by atoms with Gasteiger partial charge in [0, 0.05) is 29.4 Å². The van der Waals surface area contributed by atoms with E-state index in [-0.39, 0.29) is 34.7 Å². The van der Waals surface area contributed by atoms with E-state index in [0.717, 1.165) is 17.8 Å². The summed E-state index contributed by atoms with van der Waals surface area (Å²) in [5, 5.41) is 2.78. The minimum absolute atomic E-state index is 0.0152. The van der Waals surface area contributed by atoms with Gasteiger partial charge in [0.2, 0.25) is 5.88 Å². The molecule has 7 nitrogen and oxygen atoms in total. The fourth-order valence-corrected chi connectivity index (χ4v) is 5.30. The summed E-state index contributed by atoms with van der Waals surface area (Å²) in [6, 6.07) is 3.84. The molecule has 1 aromatic carbocycles. The topological polar surface area (TPSA) is 98.3 Å². The molecule has 3 aromatic rings. The largest absolute Gasteiger partial charge is 0.463 e. The maximum Gasteiger partial charge on any atom is 0.253 e. The Kier molecular flexibility index (Phi) is 6.70. The monoisotopic (exact) mass is 518 g/mol. The normalized spacial score (nSPS) is 23.9. The van der Waals surface area contributed by atoms with Gasteiger partial charge in [-0.3, -0.25) is 4.99 Å². The van der Waals surface area contributed by atoms with Crippen molar-refractivity contribution >= 4 is 39.5 Å². The Bertz CT molecular complexity index is 1400. The van der Waals surface area contributed by atoms with Gasteiger partial charge in [-0.25, -0.2) is 32.5 Å². The van der Waals surface area contributed by atoms with Gasteiger partial charge in [-0.2, -0.15) is 0 Å². The Labute approximate surface area is 209 Å². The molecule has 1 aliphatic rings. The van der Waals surface area contributed by atoms with Crippen LogP contribution >= 0.6 is 11.8 Å². The lowest BCUT2D eigenvalue weighted by atomic mass is 9.73. The fraction of sp³-hybridized carbons (Fsp3) is 0.333. The van der Waals surface area contributed by atoms with E-state index < -0.39 is 34.3 Å². The zero-order valence-electron chi connectivity index (χ0n) is 19.5. The Balaban J connectivity index is 1.77. The summed E-state index contributed by atoms with van der Waals surface area (Å²) in [5.41, 5.74) is 4.95. The van der Waals surface area contributed by atoms with Gasteiger partial charge in [0.15, 0.2) is 29.2 Å². The zero-order chi connectivity index (χ0) is 26.3. The quantitative estimate of drug-likeness (QED) is 0.350. The highest BCUT2D eigenvalue weighted by Gasteiger charge is 2.54. The number of pyridine rings is 1. The number of amidine groups is 1. The SMILES string of the molecule is C#CCOc1cnc2c(Nc3cc(F)c(F)c([C@@]4(C)N=C(N)S[C@](C)(C(F)F)[C@H]4C)c3)nccc2n1. The molecule has 0 amide bonds. The third-order valence-corrected chi connectivity index (χ3v) is 7.65. The Morgan fingerprint density at radius 3 is 2.72 bits per heavy atom. The summed E-state index contributed by atoms with van der Waals surface area (Å²) in [6.07, 6.45) is 5.21. The molecular formula is C24H22F4N6OS. The lowest BCUT2D eigenvalue weighted by Gasteiger charge is -2.46. The Morgan fingerprint density at radius 2 is 2.03 bits per heavy atom. The van der Waals surface area contributed by atoms with Crippen LogP contribution in [0.4, 0.5) is 29.1 Å². The smallest absolute Gasteiger partial charge is 0.253 e. The zero-order valence-corrected chi connectivity index (χ0v) is 20.3. The van der Waals surface area contributed by atoms with Crippen molar-refractivity contribution in [1.82, 2.24) is 15.0 Å². The molecule has 3 atom stereocenters. The van der Waals surface area contributed by atoms with Crippen LogP contribution in [0.25, 0.3) is 11.0 Å². The molecule has 188 valence electrons. The van der Waals surface area contributed by atoms with Crippen molar-refractivity contribution < 1.29 is 22.3 Å². The predicted octanol–water partition coefficient (Wildman–Crippen LogP) is 5.00. The number of nitrogens with two attached hydrogens (primary N) is 1. The van der Waals surface area contributed by atoms with Crippen LogP contribution in [-0.4, -0.2) is 37.9 Å². The molecule has 0 saturated carbocycles. The van der Waals surface area contributed by atoms with Gasteiger partial charge in [-0.15, -0.1) is 6.42 Å². The summed E-state index contributed by atoms with van der Waals surface area (Å²) in [4.78, 5) is 17.1. The van der Waals surface area contributed by atoms with E-state index >= 15 is 4.39 Å². The minimum Gasteiger partial charge on any atom is -0.463 e. The van der Waals surface area contributed by atoms with Gasteiger partial charge in [0.25, 0.3) is 6.43 Å². The molecule has 36 heavy (non-hydrogen) atoms. The first-order chi connectivity index (χ1) is 17.0. The number of nitrogens with one attached hydrogen (secondary N) is 1. The van der Waals surface area contributed by atoms with Crippen molar-refractivity contribution in [3.63, 3.8) is 0 Å². The van der Waals surface area contributed by atoms with Gasteiger partial charge in [-0.05, 0) is 26.0 Å². The second-order valence-electron chi connectivity index (χ2n) is 8.58. The number of fused-ring (bicyclic) bond motifs is 1. The standard InChI is InChI=1S/C24H22F4N6OS/c1-5-8-35-17-11-31-19-16(33-17)6-7-30-20(19)32-13-9-14(18(26)15(25)10-13)23(3)12(2)24(4,21(27)28)36-22(29)34-23/h1,6-7,9-12,21H,8H2,2-4H3,(H2,29,34)(H,30,32)/t12-,23-,24-/m0/s1. The number of aromatic nitrogens is 3. The number of aliphatic imine (C=N–C) groups is 1. The third-order valence-electron chi connectivity index (χ3n) is 6.38. The molecule has 1 aliphatic heterocycles. The first kappa shape index (κ1) is 25.5. The van der Waals surface area contributed by atoms with E-state index in [2.05, 4.69) is 31.2 Å². The molecule has 4 rings (SSSR count). The number of thioether (sulfide) groups is 1. The summed E-state index contributed by atoms with van der Waals surface area (Å²) in [7, 11) is 0. The summed E-state index contributed by atoms with van der Waals surface area (Å²) in [5.74, 6) is -0.549. The van der Waals surface area contributed by atoms with Gasteiger partial charge in [0.05, 0.1) is 22.0 Å². The van der Waals surface area contributed by atoms with E-state index in [1.54, 1.807) is 6.07 Å². The third kappa shape index (κ3) is 4.39. The number of alkyl halides is 2. The number of benzene rings is 1. The van der Waals surface area contributed by atoms with Gasteiger partial charge in [0.1, 0.15) is 5.52 Å². The number of anilines is 2. The van der Waals surface area contributed by atoms with Gasteiger partial charge in [-0.1, -0.05) is 24.6 Å². The van der Waals surface area contributed by atoms with Crippen LogP contribution < -0.4 is 15.8 Å². The number of nitrogens with zero attached hydrogens (tertiary/aromatic N) is 4. The van der Waals surface area contributed by atoms with E-state index in [1.165, 1.54) is 39.2 Å². The van der Waals surface area contributed by atoms with Crippen LogP contribution in [0.1, 0.15) is 26.3 Å². The minimum atomic E-state index is -2.78.